The second-order valence-electron chi connectivity index (χ2n) is 9.00. The van der Waals surface area contributed by atoms with Gasteiger partial charge in [0.05, 0.1) is 0 Å². The second kappa shape index (κ2) is 8.64. The summed E-state index contributed by atoms with van der Waals surface area (Å²) in [6.45, 7) is 19.5. The van der Waals surface area contributed by atoms with E-state index in [4.69, 9.17) is 4.99 Å². The lowest BCUT2D eigenvalue weighted by Crippen LogP contribution is -2.72. The van der Waals surface area contributed by atoms with E-state index in [1.165, 1.54) is 0 Å². The average Bonchev–Trinajstić information content (AvgIpc) is 2.70. The van der Waals surface area contributed by atoms with Crippen molar-refractivity contribution in [2.75, 3.05) is 57.3 Å². The van der Waals surface area contributed by atoms with Crippen LogP contribution in [-0.4, -0.2) is 83.6 Å². The van der Waals surface area contributed by atoms with Crippen molar-refractivity contribution in [3.8, 4) is 0 Å². The molecule has 2 aliphatic heterocycles. The highest BCUT2D eigenvalue weighted by molar-refractivity contribution is 5.82. The van der Waals surface area contributed by atoms with Crippen LogP contribution in [0.2, 0.25) is 0 Å². The maximum absolute atomic E-state index is 4.92. The van der Waals surface area contributed by atoms with Gasteiger partial charge in [0, 0.05) is 75.7 Å². The van der Waals surface area contributed by atoms with Crippen LogP contribution < -0.4 is 10.2 Å². The van der Waals surface area contributed by atoms with E-state index in [0.29, 0.717) is 5.41 Å². The largest absolute Gasteiger partial charge is 0.356 e. The van der Waals surface area contributed by atoms with Crippen molar-refractivity contribution in [2.24, 2.45) is 10.4 Å². The minimum Gasteiger partial charge on any atom is -0.356 e. The number of piperazine rings is 1. The van der Waals surface area contributed by atoms with Gasteiger partial charge in [0.1, 0.15) is 0 Å². The van der Waals surface area contributed by atoms with Crippen molar-refractivity contribution in [1.82, 2.24) is 25.1 Å². The summed E-state index contributed by atoms with van der Waals surface area (Å²) in [5, 5.41) is 3.48. The highest BCUT2D eigenvalue weighted by Gasteiger charge is 2.53. The molecule has 0 saturated carbocycles. The van der Waals surface area contributed by atoms with E-state index in [9.17, 15) is 0 Å². The molecule has 7 nitrogen and oxygen atoms in total. The zero-order chi connectivity index (χ0) is 20.2. The molecule has 1 aromatic heterocycles. The van der Waals surface area contributed by atoms with E-state index < -0.39 is 0 Å². The van der Waals surface area contributed by atoms with E-state index in [1.807, 2.05) is 18.5 Å². The van der Waals surface area contributed by atoms with E-state index >= 15 is 0 Å². The molecule has 3 rings (SSSR count). The summed E-state index contributed by atoms with van der Waals surface area (Å²) in [4.78, 5) is 20.9. The Labute approximate surface area is 170 Å². The summed E-state index contributed by atoms with van der Waals surface area (Å²) < 4.78 is 0. The molecular formula is C21H37N7. The maximum atomic E-state index is 4.92. The van der Waals surface area contributed by atoms with Crippen LogP contribution in [0.25, 0.3) is 0 Å². The van der Waals surface area contributed by atoms with Crippen molar-refractivity contribution in [3.63, 3.8) is 0 Å². The van der Waals surface area contributed by atoms with E-state index in [-0.39, 0.29) is 5.54 Å². The minimum absolute atomic E-state index is 0.143. The van der Waals surface area contributed by atoms with Crippen LogP contribution in [-0.2, 0) is 0 Å². The normalized spacial score (nSPS) is 22.1. The van der Waals surface area contributed by atoms with Crippen LogP contribution in [0.3, 0.4) is 0 Å². The Kier molecular flexibility index (Phi) is 6.43. The number of guanidine groups is 1. The zero-order valence-electron chi connectivity index (χ0n) is 18.3. The fourth-order valence-corrected chi connectivity index (χ4v) is 3.90. The second-order valence-corrected chi connectivity index (χ2v) is 9.00. The molecule has 28 heavy (non-hydrogen) atoms. The molecule has 1 N–H and O–H groups in total. The Morgan fingerprint density at radius 3 is 2.36 bits per heavy atom. The molecule has 0 bridgehead atoms. The first kappa shape index (κ1) is 20.8. The predicted octanol–water partition coefficient (Wildman–Crippen LogP) is 2.07. The number of aromatic nitrogens is 2. The smallest absolute Gasteiger partial charge is 0.225 e. The van der Waals surface area contributed by atoms with Crippen molar-refractivity contribution < 1.29 is 0 Å². The summed E-state index contributed by atoms with van der Waals surface area (Å²) in [5.74, 6) is 1.92. The molecule has 1 aromatic rings. The molecule has 7 heteroatoms. The first-order chi connectivity index (χ1) is 13.3. The van der Waals surface area contributed by atoms with Crippen molar-refractivity contribution >= 4 is 11.9 Å². The third-order valence-corrected chi connectivity index (χ3v) is 6.58. The fraction of sp³-hybridized carbons (Fsp3) is 0.762. The highest BCUT2D eigenvalue weighted by Crippen LogP contribution is 2.46. The van der Waals surface area contributed by atoms with E-state index in [1.54, 1.807) is 0 Å². The summed E-state index contributed by atoms with van der Waals surface area (Å²) in [6, 6.07) is 1.87. The highest BCUT2D eigenvalue weighted by atomic mass is 15.4. The molecule has 0 atom stereocenters. The standard InChI is InChI=1S/C21H37N7/c1-6-22-19(28-17-20(2,3)21(28,4)5)25-11-8-12-26-13-15-27(16-14-26)18-23-9-7-10-24-18/h7,9-10H,6,8,11-17H2,1-5H3,(H,22,25). The molecule has 0 amide bonds. The number of hydrogen-bond donors (Lipinski definition) is 1. The molecule has 0 unspecified atom stereocenters. The van der Waals surface area contributed by atoms with Gasteiger partial charge in [-0.2, -0.15) is 0 Å². The van der Waals surface area contributed by atoms with E-state index in [0.717, 1.165) is 70.7 Å². The summed E-state index contributed by atoms with van der Waals surface area (Å²) in [6.07, 6.45) is 4.72. The zero-order valence-corrected chi connectivity index (χ0v) is 18.3. The lowest BCUT2D eigenvalue weighted by Gasteiger charge is -2.62. The number of hydrogen-bond acceptors (Lipinski definition) is 5. The number of likely N-dealkylation sites (tertiary alicyclic amines) is 1. The van der Waals surface area contributed by atoms with Gasteiger partial charge >= 0.3 is 0 Å². The Balaban J connectivity index is 1.43. The van der Waals surface area contributed by atoms with Crippen LogP contribution in [0, 0.1) is 5.41 Å². The Hall–Kier alpha value is -1.89. The summed E-state index contributed by atoms with van der Waals surface area (Å²) >= 11 is 0. The topological polar surface area (TPSA) is 59.9 Å². The number of nitrogens with one attached hydrogen (secondary N) is 1. The van der Waals surface area contributed by atoms with Gasteiger partial charge in [0.2, 0.25) is 5.95 Å². The fourth-order valence-electron chi connectivity index (χ4n) is 3.90. The average molecular weight is 388 g/mol. The van der Waals surface area contributed by atoms with Crippen molar-refractivity contribution in [2.45, 2.75) is 46.6 Å². The molecule has 2 aliphatic rings. The molecule has 0 aromatic carbocycles. The van der Waals surface area contributed by atoms with Gasteiger partial charge in [0.25, 0.3) is 0 Å². The number of aliphatic imine (C=N–C) groups is 1. The summed E-state index contributed by atoms with van der Waals surface area (Å²) in [7, 11) is 0. The van der Waals surface area contributed by atoms with Crippen LogP contribution in [0.4, 0.5) is 5.95 Å². The molecule has 0 radical (unpaired) electrons. The minimum atomic E-state index is 0.143. The monoisotopic (exact) mass is 387 g/mol. The Morgan fingerprint density at radius 1 is 1.11 bits per heavy atom. The predicted molar refractivity (Wildman–Crippen MR) is 116 cm³/mol. The Bertz CT molecular complexity index is 648. The van der Waals surface area contributed by atoms with Crippen LogP contribution in [0.15, 0.2) is 23.5 Å². The maximum Gasteiger partial charge on any atom is 0.225 e. The first-order valence-corrected chi connectivity index (χ1v) is 10.7. The lowest BCUT2D eigenvalue weighted by atomic mass is 9.65. The number of anilines is 1. The molecule has 156 valence electrons. The van der Waals surface area contributed by atoms with Crippen LogP contribution >= 0.6 is 0 Å². The van der Waals surface area contributed by atoms with Crippen molar-refractivity contribution in [1.29, 1.82) is 0 Å². The van der Waals surface area contributed by atoms with Gasteiger partial charge in [-0.15, -0.1) is 0 Å². The van der Waals surface area contributed by atoms with E-state index in [2.05, 4.69) is 64.6 Å². The molecular weight excluding hydrogens is 350 g/mol. The SMILES string of the molecule is CCNC(=NCCCN1CCN(c2ncccn2)CC1)N1CC(C)(C)C1(C)C. The van der Waals surface area contributed by atoms with Crippen LogP contribution in [0.5, 0.6) is 0 Å². The molecule has 2 saturated heterocycles. The third kappa shape index (κ3) is 4.40. The summed E-state index contributed by atoms with van der Waals surface area (Å²) in [5.41, 5.74) is 0.467. The number of rotatable bonds is 6. The Morgan fingerprint density at radius 2 is 1.79 bits per heavy atom. The van der Waals surface area contributed by atoms with Gasteiger partial charge in [-0.05, 0) is 33.3 Å². The molecule has 2 fully saturated rings. The van der Waals surface area contributed by atoms with Gasteiger partial charge in [0.15, 0.2) is 5.96 Å². The van der Waals surface area contributed by atoms with Gasteiger partial charge in [-0.3, -0.25) is 9.89 Å². The first-order valence-electron chi connectivity index (χ1n) is 10.7. The van der Waals surface area contributed by atoms with Crippen molar-refractivity contribution in [3.05, 3.63) is 18.5 Å². The van der Waals surface area contributed by atoms with Gasteiger partial charge in [-0.1, -0.05) is 13.8 Å². The quantitative estimate of drug-likeness (QED) is 0.458. The van der Waals surface area contributed by atoms with Gasteiger partial charge in [-0.25, -0.2) is 9.97 Å². The van der Waals surface area contributed by atoms with Gasteiger partial charge < -0.3 is 15.1 Å². The van der Waals surface area contributed by atoms with Crippen LogP contribution in [0.1, 0.15) is 41.0 Å². The lowest BCUT2D eigenvalue weighted by molar-refractivity contribution is -0.0667. The molecule has 0 spiro atoms. The molecule has 3 heterocycles. The molecule has 0 aliphatic carbocycles. The number of nitrogens with zero attached hydrogens (tertiary/aromatic N) is 6. The third-order valence-electron chi connectivity index (χ3n) is 6.58.